The van der Waals surface area contributed by atoms with Crippen LogP contribution in [0.5, 0.6) is 0 Å². The molecule has 0 saturated carbocycles. The molecule has 140 valence electrons. The van der Waals surface area contributed by atoms with Crippen LogP contribution in [0.2, 0.25) is 5.02 Å². The summed E-state index contributed by atoms with van der Waals surface area (Å²) < 4.78 is 6.53. The van der Waals surface area contributed by atoms with Gasteiger partial charge in [0.05, 0.1) is 17.1 Å². The summed E-state index contributed by atoms with van der Waals surface area (Å²) in [6.45, 7) is 3.43. The Labute approximate surface area is 160 Å². The lowest BCUT2D eigenvalue weighted by molar-refractivity contribution is 0.0926. The number of Topliss-reactive ketones (excluding diaryl/α,β-unsaturated/α-hetero) is 1. The van der Waals surface area contributed by atoms with Crippen molar-refractivity contribution in [3.63, 3.8) is 0 Å². The van der Waals surface area contributed by atoms with Crippen molar-refractivity contribution < 1.29 is 9.21 Å². The van der Waals surface area contributed by atoms with Gasteiger partial charge in [0.25, 0.3) is 0 Å². The van der Waals surface area contributed by atoms with Gasteiger partial charge in [0, 0.05) is 45.0 Å². The zero-order valence-electron chi connectivity index (χ0n) is 14.9. The summed E-state index contributed by atoms with van der Waals surface area (Å²) in [5.74, 6) is 0.395. The summed E-state index contributed by atoms with van der Waals surface area (Å²) in [4.78, 5) is 33.1. The van der Waals surface area contributed by atoms with Crippen LogP contribution in [0.1, 0.15) is 10.4 Å². The fraction of sp³-hybridized carbons (Fsp3) is 0.316. The van der Waals surface area contributed by atoms with E-state index >= 15 is 0 Å². The van der Waals surface area contributed by atoms with E-state index in [9.17, 15) is 9.59 Å². The highest BCUT2D eigenvalue weighted by atomic mass is 35.5. The van der Waals surface area contributed by atoms with Crippen LogP contribution in [0, 0.1) is 0 Å². The maximum atomic E-state index is 12.7. The number of aromatic nitrogens is 2. The molecule has 0 bridgehead atoms. The van der Waals surface area contributed by atoms with Gasteiger partial charge in [-0.05, 0) is 24.3 Å². The number of nitrogens with zero attached hydrogens (tertiary/aromatic N) is 4. The summed E-state index contributed by atoms with van der Waals surface area (Å²) in [5, 5.41) is 0.330. The average molecular weight is 387 g/mol. The Hall–Kier alpha value is -2.64. The first-order valence-electron chi connectivity index (χ1n) is 8.73. The molecular weight excluding hydrogens is 368 g/mol. The monoisotopic (exact) mass is 386 g/mol. The van der Waals surface area contributed by atoms with Crippen LogP contribution in [0.25, 0.3) is 11.1 Å². The molecule has 0 radical (unpaired) electrons. The van der Waals surface area contributed by atoms with E-state index in [4.69, 9.17) is 16.0 Å². The molecule has 0 aliphatic carbocycles. The van der Waals surface area contributed by atoms with E-state index in [2.05, 4.69) is 14.8 Å². The van der Waals surface area contributed by atoms with E-state index < -0.39 is 5.76 Å². The maximum Gasteiger partial charge on any atom is 0.419 e. The highest BCUT2D eigenvalue weighted by molar-refractivity contribution is 6.34. The lowest BCUT2D eigenvalue weighted by atomic mass is 10.1. The molecule has 27 heavy (non-hydrogen) atoms. The highest BCUT2D eigenvalue weighted by Crippen LogP contribution is 2.24. The molecule has 1 aliphatic heterocycles. The summed E-state index contributed by atoms with van der Waals surface area (Å²) in [7, 11) is 1.60. The van der Waals surface area contributed by atoms with Crippen LogP contribution in [-0.4, -0.2) is 53.0 Å². The van der Waals surface area contributed by atoms with E-state index in [-0.39, 0.29) is 12.3 Å². The quantitative estimate of drug-likeness (QED) is 0.640. The first-order chi connectivity index (χ1) is 13.0. The largest absolute Gasteiger partial charge is 0.419 e. The second-order valence-electron chi connectivity index (χ2n) is 6.60. The number of ketones is 1. The topological polar surface area (TPSA) is 71.6 Å². The van der Waals surface area contributed by atoms with E-state index in [1.165, 1.54) is 4.57 Å². The van der Waals surface area contributed by atoms with Crippen molar-refractivity contribution in [2.24, 2.45) is 7.05 Å². The fourth-order valence-corrected chi connectivity index (χ4v) is 3.59. The molecule has 2 aromatic heterocycles. The van der Waals surface area contributed by atoms with Crippen molar-refractivity contribution in [1.82, 2.24) is 14.5 Å². The van der Waals surface area contributed by atoms with Gasteiger partial charge in [-0.1, -0.05) is 17.7 Å². The lowest BCUT2D eigenvalue weighted by Gasteiger charge is -2.35. The number of benzene rings is 1. The summed E-state index contributed by atoms with van der Waals surface area (Å²) in [6.07, 6.45) is 1.78. The standard InChI is InChI=1S/C19H19ClN4O3/c1-22-15-11-14(20)13(10-17(15)27-19(22)26)16(25)12-23-6-8-24(9-7-23)18-4-2-3-5-21-18/h2-5,10-11H,6-9,12H2,1H3. The van der Waals surface area contributed by atoms with E-state index in [0.29, 0.717) is 21.7 Å². The van der Waals surface area contributed by atoms with Crippen molar-refractivity contribution >= 4 is 34.3 Å². The minimum absolute atomic E-state index is 0.0836. The number of fused-ring (bicyclic) bond motifs is 1. The van der Waals surface area contributed by atoms with Gasteiger partial charge in [0.1, 0.15) is 5.82 Å². The molecular formula is C19H19ClN4O3. The molecule has 0 spiro atoms. The SMILES string of the molecule is Cn1c(=O)oc2cc(C(=O)CN3CCN(c4ccccn4)CC3)c(Cl)cc21. The fourth-order valence-electron chi connectivity index (χ4n) is 3.33. The number of carbonyl (C=O) groups excluding carboxylic acids is 1. The Bertz CT molecular complexity index is 1040. The van der Waals surface area contributed by atoms with Crippen molar-refractivity contribution in [1.29, 1.82) is 0 Å². The number of hydrogen-bond acceptors (Lipinski definition) is 6. The van der Waals surface area contributed by atoms with Crippen molar-refractivity contribution in [3.8, 4) is 0 Å². The third-order valence-corrected chi connectivity index (χ3v) is 5.21. The van der Waals surface area contributed by atoms with Crippen LogP contribution in [0.4, 0.5) is 5.82 Å². The van der Waals surface area contributed by atoms with Crippen molar-refractivity contribution in [2.75, 3.05) is 37.6 Å². The average Bonchev–Trinajstić information content (AvgIpc) is 2.96. The van der Waals surface area contributed by atoms with Crippen LogP contribution in [-0.2, 0) is 7.05 Å². The van der Waals surface area contributed by atoms with Crippen molar-refractivity contribution in [2.45, 2.75) is 0 Å². The van der Waals surface area contributed by atoms with E-state index in [1.807, 2.05) is 18.2 Å². The highest BCUT2D eigenvalue weighted by Gasteiger charge is 2.22. The number of anilines is 1. The molecule has 4 rings (SSSR count). The Morgan fingerprint density at radius 1 is 1.22 bits per heavy atom. The number of oxazole rings is 1. The molecule has 7 nitrogen and oxygen atoms in total. The van der Waals surface area contributed by atoms with E-state index in [1.54, 1.807) is 25.4 Å². The second kappa shape index (κ2) is 7.17. The van der Waals surface area contributed by atoms with Gasteiger partial charge in [-0.3, -0.25) is 14.3 Å². The van der Waals surface area contributed by atoms with Gasteiger partial charge in [0.2, 0.25) is 0 Å². The summed E-state index contributed by atoms with van der Waals surface area (Å²) in [5.41, 5.74) is 1.33. The molecule has 8 heteroatoms. The first kappa shape index (κ1) is 17.8. The molecule has 0 amide bonds. The maximum absolute atomic E-state index is 12.7. The molecule has 1 fully saturated rings. The normalized spacial score (nSPS) is 15.4. The van der Waals surface area contributed by atoms with Gasteiger partial charge >= 0.3 is 5.76 Å². The molecule has 0 unspecified atom stereocenters. The van der Waals surface area contributed by atoms with E-state index in [0.717, 1.165) is 32.0 Å². The molecule has 3 heterocycles. The predicted octanol–water partition coefficient (Wildman–Crippen LogP) is 2.18. The van der Waals surface area contributed by atoms with Gasteiger partial charge in [0.15, 0.2) is 11.4 Å². The molecule has 1 saturated heterocycles. The third-order valence-electron chi connectivity index (χ3n) is 4.89. The number of piperazine rings is 1. The number of halogens is 1. The Morgan fingerprint density at radius 3 is 2.70 bits per heavy atom. The number of rotatable bonds is 4. The van der Waals surface area contributed by atoms with Crippen LogP contribution in [0.3, 0.4) is 0 Å². The molecule has 0 N–H and O–H groups in total. The van der Waals surface area contributed by atoms with Gasteiger partial charge in [-0.25, -0.2) is 9.78 Å². The summed E-state index contributed by atoms with van der Waals surface area (Å²) in [6, 6.07) is 9.02. The smallest absolute Gasteiger partial charge is 0.408 e. The summed E-state index contributed by atoms with van der Waals surface area (Å²) >= 11 is 6.29. The molecule has 1 aromatic carbocycles. The second-order valence-corrected chi connectivity index (χ2v) is 7.01. The molecule has 3 aromatic rings. The number of pyridine rings is 1. The minimum atomic E-state index is -0.476. The minimum Gasteiger partial charge on any atom is -0.408 e. The first-order valence-corrected chi connectivity index (χ1v) is 9.11. The van der Waals surface area contributed by atoms with Crippen LogP contribution >= 0.6 is 11.6 Å². The third kappa shape index (κ3) is 3.48. The Kier molecular flexibility index (Phi) is 4.72. The number of aryl methyl sites for hydroxylation is 1. The Morgan fingerprint density at radius 2 is 2.00 bits per heavy atom. The zero-order chi connectivity index (χ0) is 19.0. The molecule has 0 atom stereocenters. The Balaban J connectivity index is 1.45. The van der Waals surface area contributed by atoms with Gasteiger partial charge in [-0.15, -0.1) is 0 Å². The van der Waals surface area contributed by atoms with Crippen LogP contribution < -0.4 is 10.7 Å². The molecule has 1 aliphatic rings. The van der Waals surface area contributed by atoms with Gasteiger partial charge in [-0.2, -0.15) is 0 Å². The van der Waals surface area contributed by atoms with Crippen LogP contribution in [0.15, 0.2) is 45.7 Å². The number of carbonyl (C=O) groups is 1. The zero-order valence-corrected chi connectivity index (χ0v) is 15.6. The number of hydrogen-bond donors (Lipinski definition) is 0. The predicted molar refractivity (Wildman–Crippen MR) is 104 cm³/mol. The van der Waals surface area contributed by atoms with Crippen molar-refractivity contribution in [3.05, 3.63) is 57.7 Å². The lowest BCUT2D eigenvalue weighted by Crippen LogP contribution is -2.48. The van der Waals surface area contributed by atoms with Gasteiger partial charge < -0.3 is 9.32 Å².